The zero-order valence-electron chi connectivity index (χ0n) is 12.5. The van der Waals surface area contributed by atoms with Gasteiger partial charge in [-0.2, -0.15) is 0 Å². The Hall–Kier alpha value is -1.26. The number of carbonyl (C=O) groups is 1. The van der Waals surface area contributed by atoms with Crippen LogP contribution in [0, 0.1) is 0 Å². The highest BCUT2D eigenvalue weighted by molar-refractivity contribution is 5.85. The van der Waals surface area contributed by atoms with Gasteiger partial charge < -0.3 is 15.2 Å². The molecular weight excluding hydrogens is 278 g/mol. The first kappa shape index (κ1) is 18.7. The molecule has 0 aromatic heterocycles. The van der Waals surface area contributed by atoms with Crippen LogP contribution in [-0.4, -0.2) is 18.2 Å². The first-order chi connectivity index (χ1) is 8.81. The quantitative estimate of drug-likeness (QED) is 0.848. The van der Waals surface area contributed by atoms with Gasteiger partial charge in [-0.1, -0.05) is 12.1 Å². The van der Waals surface area contributed by atoms with Crippen LogP contribution >= 0.6 is 12.4 Å². The molecule has 0 spiro atoms. The number of benzene rings is 1. The topological polar surface area (TPSA) is 61.5 Å². The molecule has 2 N–H and O–H groups in total. The molecule has 0 bridgehead atoms. The molecule has 1 rings (SSSR count). The maximum Gasteiger partial charge on any atom is 0.307 e. The van der Waals surface area contributed by atoms with E-state index in [1.807, 2.05) is 45.0 Å². The summed E-state index contributed by atoms with van der Waals surface area (Å²) in [6, 6.07) is 7.15. The number of halogens is 1. The lowest BCUT2D eigenvalue weighted by Gasteiger charge is -2.21. The van der Waals surface area contributed by atoms with Crippen molar-refractivity contribution in [1.82, 2.24) is 0 Å². The summed E-state index contributed by atoms with van der Waals surface area (Å²) in [6.07, 6.45) is 0.188. The SMILES string of the molecule is CCOC(=O)C[C@H](N)c1ccc(OC(C)(C)C)cc1.Cl. The van der Waals surface area contributed by atoms with Gasteiger partial charge in [-0.15, -0.1) is 12.4 Å². The van der Waals surface area contributed by atoms with Crippen LogP contribution in [0.4, 0.5) is 0 Å². The van der Waals surface area contributed by atoms with Crippen molar-refractivity contribution in [1.29, 1.82) is 0 Å². The molecule has 4 nitrogen and oxygen atoms in total. The van der Waals surface area contributed by atoms with Crippen molar-refractivity contribution < 1.29 is 14.3 Å². The summed E-state index contributed by atoms with van der Waals surface area (Å²) in [5.74, 6) is 0.518. The van der Waals surface area contributed by atoms with Crippen LogP contribution in [0.2, 0.25) is 0 Å². The third-order valence-electron chi connectivity index (χ3n) is 2.42. The Bertz CT molecular complexity index is 412. The van der Waals surface area contributed by atoms with Gasteiger partial charge in [0, 0.05) is 6.04 Å². The number of nitrogens with two attached hydrogens (primary N) is 1. The predicted molar refractivity (Wildman–Crippen MR) is 82.2 cm³/mol. The minimum Gasteiger partial charge on any atom is -0.488 e. The highest BCUT2D eigenvalue weighted by atomic mass is 35.5. The molecule has 20 heavy (non-hydrogen) atoms. The fraction of sp³-hybridized carbons (Fsp3) is 0.533. The van der Waals surface area contributed by atoms with Crippen LogP contribution in [-0.2, 0) is 9.53 Å². The molecule has 0 unspecified atom stereocenters. The maximum atomic E-state index is 11.4. The van der Waals surface area contributed by atoms with Crippen molar-refractivity contribution in [3.05, 3.63) is 29.8 Å². The molecular formula is C15H24ClNO3. The monoisotopic (exact) mass is 301 g/mol. The summed E-state index contributed by atoms with van der Waals surface area (Å²) >= 11 is 0. The zero-order valence-corrected chi connectivity index (χ0v) is 13.3. The summed E-state index contributed by atoms with van der Waals surface area (Å²) in [6.45, 7) is 8.14. The van der Waals surface area contributed by atoms with Gasteiger partial charge in [0.15, 0.2) is 0 Å². The van der Waals surface area contributed by atoms with Gasteiger partial charge in [-0.25, -0.2) is 0 Å². The van der Waals surface area contributed by atoms with Crippen molar-refractivity contribution in [3.8, 4) is 5.75 Å². The van der Waals surface area contributed by atoms with Crippen molar-refractivity contribution in [2.75, 3.05) is 6.61 Å². The smallest absolute Gasteiger partial charge is 0.307 e. The van der Waals surface area contributed by atoms with E-state index in [0.717, 1.165) is 11.3 Å². The second kappa shape index (κ2) is 8.12. The molecule has 0 amide bonds. The van der Waals surface area contributed by atoms with Crippen molar-refractivity contribution in [3.63, 3.8) is 0 Å². The Morgan fingerprint density at radius 1 is 1.25 bits per heavy atom. The van der Waals surface area contributed by atoms with E-state index in [1.54, 1.807) is 6.92 Å². The Kier molecular flexibility index (Phi) is 7.61. The van der Waals surface area contributed by atoms with Gasteiger partial charge in [0.25, 0.3) is 0 Å². The first-order valence-electron chi connectivity index (χ1n) is 6.52. The minimum atomic E-state index is -0.345. The zero-order chi connectivity index (χ0) is 14.5. The maximum absolute atomic E-state index is 11.4. The Morgan fingerprint density at radius 3 is 2.25 bits per heavy atom. The summed E-state index contributed by atoms with van der Waals surface area (Å²) in [4.78, 5) is 11.4. The molecule has 0 aliphatic carbocycles. The molecule has 0 fully saturated rings. The van der Waals surface area contributed by atoms with E-state index in [2.05, 4.69) is 0 Å². The summed E-state index contributed by atoms with van der Waals surface area (Å²) < 4.78 is 10.6. The Balaban J connectivity index is 0.00000361. The van der Waals surface area contributed by atoms with Crippen LogP contribution in [0.5, 0.6) is 5.75 Å². The van der Waals surface area contributed by atoms with Crippen molar-refractivity contribution >= 4 is 18.4 Å². The normalized spacial score (nSPS) is 12.2. The largest absolute Gasteiger partial charge is 0.488 e. The summed E-state index contributed by atoms with van der Waals surface area (Å²) in [7, 11) is 0. The van der Waals surface area contributed by atoms with Crippen LogP contribution in [0.25, 0.3) is 0 Å². The molecule has 0 saturated carbocycles. The number of hydrogen-bond donors (Lipinski definition) is 1. The van der Waals surface area contributed by atoms with Crippen molar-refractivity contribution in [2.24, 2.45) is 5.73 Å². The van der Waals surface area contributed by atoms with Crippen LogP contribution in [0.3, 0.4) is 0 Å². The lowest BCUT2D eigenvalue weighted by atomic mass is 10.0. The van der Waals surface area contributed by atoms with Crippen molar-refractivity contribution in [2.45, 2.75) is 45.8 Å². The Labute approximate surface area is 127 Å². The molecule has 0 aliphatic rings. The minimum absolute atomic E-state index is 0. The molecule has 1 atom stereocenters. The van der Waals surface area contributed by atoms with E-state index in [1.165, 1.54) is 0 Å². The van der Waals surface area contributed by atoms with E-state index in [4.69, 9.17) is 15.2 Å². The number of carbonyl (C=O) groups excluding carboxylic acids is 1. The average molecular weight is 302 g/mol. The molecule has 0 aliphatic heterocycles. The van der Waals surface area contributed by atoms with Gasteiger partial charge in [0.2, 0.25) is 0 Å². The first-order valence-corrected chi connectivity index (χ1v) is 6.52. The predicted octanol–water partition coefficient (Wildman–Crippen LogP) is 3.24. The van der Waals surface area contributed by atoms with E-state index in [-0.39, 0.29) is 36.4 Å². The molecule has 0 saturated heterocycles. The molecule has 1 aromatic rings. The van der Waals surface area contributed by atoms with E-state index in [9.17, 15) is 4.79 Å². The van der Waals surface area contributed by atoms with Gasteiger partial charge in [0.05, 0.1) is 13.0 Å². The van der Waals surface area contributed by atoms with E-state index < -0.39 is 0 Å². The van der Waals surface area contributed by atoms with Crippen LogP contribution in [0.1, 0.15) is 45.7 Å². The number of hydrogen-bond acceptors (Lipinski definition) is 4. The van der Waals surface area contributed by atoms with Gasteiger partial charge in [-0.05, 0) is 45.4 Å². The van der Waals surface area contributed by atoms with Gasteiger partial charge >= 0.3 is 5.97 Å². The van der Waals surface area contributed by atoms with Crippen LogP contribution in [0.15, 0.2) is 24.3 Å². The molecule has 0 heterocycles. The highest BCUT2D eigenvalue weighted by Crippen LogP contribution is 2.22. The fourth-order valence-corrected chi connectivity index (χ4v) is 1.65. The molecule has 1 aromatic carbocycles. The third-order valence-corrected chi connectivity index (χ3v) is 2.42. The molecule has 5 heteroatoms. The standard InChI is InChI=1S/C15H23NO3.ClH/c1-5-18-14(17)10-13(16)11-6-8-12(9-7-11)19-15(2,3)4;/h6-9,13H,5,10,16H2,1-4H3;1H/t13-;/m0./s1. The van der Waals surface area contributed by atoms with Gasteiger partial charge in [-0.3, -0.25) is 4.79 Å². The third kappa shape index (κ3) is 6.78. The van der Waals surface area contributed by atoms with Crippen LogP contribution < -0.4 is 10.5 Å². The lowest BCUT2D eigenvalue weighted by Crippen LogP contribution is -2.23. The van der Waals surface area contributed by atoms with Gasteiger partial charge in [0.1, 0.15) is 11.4 Å². The highest BCUT2D eigenvalue weighted by Gasteiger charge is 2.14. The number of ether oxygens (including phenoxy) is 2. The fourth-order valence-electron chi connectivity index (χ4n) is 1.65. The summed E-state index contributed by atoms with van der Waals surface area (Å²) in [5, 5.41) is 0. The second-order valence-electron chi connectivity index (χ2n) is 5.40. The van der Waals surface area contributed by atoms with E-state index in [0.29, 0.717) is 6.61 Å². The average Bonchev–Trinajstić information content (AvgIpc) is 2.27. The van der Waals surface area contributed by atoms with E-state index >= 15 is 0 Å². The lowest BCUT2D eigenvalue weighted by molar-refractivity contribution is -0.143. The second-order valence-corrected chi connectivity index (χ2v) is 5.40. The molecule has 0 radical (unpaired) electrons. The Morgan fingerprint density at radius 2 is 1.80 bits per heavy atom. The summed E-state index contributed by atoms with van der Waals surface area (Å²) in [5.41, 5.74) is 6.63. The number of esters is 1. The number of rotatable bonds is 5. The molecule has 114 valence electrons.